The molecule has 1 fully saturated rings. The van der Waals surface area contributed by atoms with Crippen molar-refractivity contribution >= 4 is 11.3 Å². The number of hydrogen-bond donors (Lipinski definition) is 1. The molecule has 1 N–H and O–H groups in total. The van der Waals surface area contributed by atoms with E-state index in [9.17, 15) is 5.11 Å². The second-order valence-electron chi connectivity index (χ2n) is 6.44. The Labute approximate surface area is 156 Å². The van der Waals surface area contributed by atoms with Crippen LogP contribution in [0.5, 0.6) is 0 Å². The van der Waals surface area contributed by atoms with E-state index >= 15 is 0 Å². The van der Waals surface area contributed by atoms with Crippen molar-refractivity contribution in [1.29, 1.82) is 0 Å². The zero-order valence-electron chi connectivity index (χ0n) is 13.9. The van der Waals surface area contributed by atoms with Crippen molar-refractivity contribution in [2.24, 2.45) is 5.92 Å². The SMILES string of the molecule is CC[N+](C)(CC)CC#CC(O)(c1cccs1)C1CCCC1.[I-]. The lowest BCUT2D eigenvalue weighted by Gasteiger charge is -2.31. The van der Waals surface area contributed by atoms with Gasteiger partial charge in [0.15, 0.2) is 5.60 Å². The van der Waals surface area contributed by atoms with Crippen LogP contribution in [0.15, 0.2) is 17.5 Å². The van der Waals surface area contributed by atoms with Crippen LogP contribution in [0, 0.1) is 17.8 Å². The van der Waals surface area contributed by atoms with E-state index < -0.39 is 5.60 Å². The Morgan fingerprint density at radius 3 is 2.45 bits per heavy atom. The molecule has 0 radical (unpaired) electrons. The Balaban J connectivity index is 0.00000242. The van der Waals surface area contributed by atoms with Gasteiger partial charge in [0.2, 0.25) is 0 Å². The van der Waals surface area contributed by atoms with Crippen LogP contribution < -0.4 is 24.0 Å². The van der Waals surface area contributed by atoms with Gasteiger partial charge in [-0.1, -0.05) is 24.8 Å². The third-order valence-corrected chi connectivity index (χ3v) is 6.10. The molecule has 1 unspecified atom stereocenters. The Hall–Kier alpha value is -0.0900. The van der Waals surface area contributed by atoms with Crippen molar-refractivity contribution in [1.82, 2.24) is 0 Å². The Morgan fingerprint density at radius 2 is 1.95 bits per heavy atom. The highest BCUT2D eigenvalue weighted by atomic mass is 127. The van der Waals surface area contributed by atoms with Gasteiger partial charge in [-0.05, 0) is 44.1 Å². The van der Waals surface area contributed by atoms with Crippen LogP contribution in [0.25, 0.3) is 0 Å². The molecule has 1 atom stereocenters. The summed E-state index contributed by atoms with van der Waals surface area (Å²) in [5.74, 6) is 6.87. The largest absolute Gasteiger partial charge is 1.00 e. The number of rotatable bonds is 5. The monoisotopic (exact) mass is 433 g/mol. The quantitative estimate of drug-likeness (QED) is 0.410. The summed E-state index contributed by atoms with van der Waals surface area (Å²) in [5, 5.41) is 13.3. The van der Waals surface area contributed by atoms with Crippen molar-refractivity contribution in [2.45, 2.75) is 45.1 Å². The number of thiophene rings is 1. The zero-order chi connectivity index (χ0) is 15.3. The lowest BCUT2D eigenvalue weighted by Crippen LogP contribution is -3.00. The highest BCUT2D eigenvalue weighted by Gasteiger charge is 2.39. The predicted molar refractivity (Wildman–Crippen MR) is 90.1 cm³/mol. The molecular weight excluding hydrogens is 405 g/mol. The van der Waals surface area contributed by atoms with Gasteiger partial charge in [-0.15, -0.1) is 11.3 Å². The maximum Gasteiger partial charge on any atom is 0.162 e. The van der Waals surface area contributed by atoms with Gasteiger partial charge in [-0.25, -0.2) is 0 Å². The van der Waals surface area contributed by atoms with E-state index in [-0.39, 0.29) is 24.0 Å². The zero-order valence-corrected chi connectivity index (χ0v) is 16.9. The summed E-state index contributed by atoms with van der Waals surface area (Å²) >= 11 is 1.63. The molecule has 1 saturated carbocycles. The van der Waals surface area contributed by atoms with Crippen LogP contribution in [0.2, 0.25) is 0 Å². The molecule has 0 spiro atoms. The second kappa shape index (κ2) is 8.68. The first-order valence-corrected chi connectivity index (χ1v) is 9.02. The van der Waals surface area contributed by atoms with E-state index in [4.69, 9.17) is 0 Å². The Morgan fingerprint density at radius 1 is 1.32 bits per heavy atom. The smallest absolute Gasteiger partial charge is 0.162 e. The molecule has 1 aliphatic carbocycles. The number of hydrogen-bond acceptors (Lipinski definition) is 2. The third-order valence-electron chi connectivity index (χ3n) is 5.11. The fourth-order valence-corrected chi connectivity index (χ4v) is 3.87. The van der Waals surface area contributed by atoms with Gasteiger partial charge in [-0.3, -0.25) is 0 Å². The van der Waals surface area contributed by atoms with Gasteiger partial charge in [0.1, 0.15) is 6.54 Å². The number of nitrogens with zero attached hydrogens (tertiary/aromatic N) is 1. The van der Waals surface area contributed by atoms with Crippen LogP contribution >= 0.6 is 11.3 Å². The number of quaternary nitrogens is 1. The highest BCUT2D eigenvalue weighted by molar-refractivity contribution is 7.10. The van der Waals surface area contributed by atoms with Crippen LogP contribution in [0.1, 0.15) is 44.4 Å². The lowest BCUT2D eigenvalue weighted by atomic mass is 9.85. The van der Waals surface area contributed by atoms with Gasteiger partial charge in [0, 0.05) is 10.8 Å². The first-order chi connectivity index (χ1) is 10.0. The summed E-state index contributed by atoms with van der Waals surface area (Å²) in [6, 6.07) is 4.05. The van der Waals surface area contributed by atoms with E-state index in [0.29, 0.717) is 5.92 Å². The molecule has 0 bridgehead atoms. The van der Waals surface area contributed by atoms with Gasteiger partial charge in [0.25, 0.3) is 0 Å². The number of halogens is 1. The lowest BCUT2D eigenvalue weighted by molar-refractivity contribution is -0.899. The maximum atomic E-state index is 11.2. The molecule has 1 aromatic heterocycles. The van der Waals surface area contributed by atoms with Crippen LogP contribution in [0.3, 0.4) is 0 Å². The Kier molecular flexibility index (Phi) is 7.87. The van der Waals surface area contributed by atoms with Gasteiger partial charge < -0.3 is 33.6 Å². The topological polar surface area (TPSA) is 20.2 Å². The van der Waals surface area contributed by atoms with Crippen molar-refractivity contribution in [3.8, 4) is 11.8 Å². The minimum atomic E-state index is -0.934. The van der Waals surface area contributed by atoms with Crippen LogP contribution in [-0.2, 0) is 5.60 Å². The van der Waals surface area contributed by atoms with Crippen molar-refractivity contribution in [2.75, 3.05) is 26.7 Å². The maximum absolute atomic E-state index is 11.2. The summed E-state index contributed by atoms with van der Waals surface area (Å²) in [5.41, 5.74) is -0.934. The van der Waals surface area contributed by atoms with E-state index in [1.807, 2.05) is 17.5 Å². The molecule has 0 aliphatic heterocycles. The third kappa shape index (κ3) is 4.47. The fraction of sp³-hybridized carbons (Fsp3) is 0.667. The summed E-state index contributed by atoms with van der Waals surface area (Å²) in [6.07, 6.45) is 4.63. The van der Waals surface area contributed by atoms with E-state index in [1.54, 1.807) is 11.3 Å². The molecule has 124 valence electrons. The average molecular weight is 433 g/mol. The van der Waals surface area contributed by atoms with E-state index in [0.717, 1.165) is 41.8 Å². The molecule has 0 saturated heterocycles. The predicted octanol–water partition coefficient (Wildman–Crippen LogP) is 0.620. The average Bonchev–Trinajstić information content (AvgIpc) is 3.19. The van der Waals surface area contributed by atoms with Crippen LogP contribution in [-0.4, -0.2) is 36.3 Å². The fourth-order valence-electron chi connectivity index (χ4n) is 3.02. The van der Waals surface area contributed by atoms with Gasteiger partial charge in [0.05, 0.1) is 20.1 Å². The molecule has 2 rings (SSSR count). The number of aliphatic hydroxyl groups is 1. The first kappa shape index (κ1) is 20.0. The van der Waals surface area contributed by atoms with E-state index in [1.165, 1.54) is 12.8 Å². The van der Waals surface area contributed by atoms with Crippen molar-refractivity contribution in [3.63, 3.8) is 0 Å². The minimum Gasteiger partial charge on any atom is -1.00 e. The summed E-state index contributed by atoms with van der Waals surface area (Å²) in [7, 11) is 2.23. The van der Waals surface area contributed by atoms with E-state index in [2.05, 4.69) is 32.7 Å². The summed E-state index contributed by atoms with van der Waals surface area (Å²) in [6.45, 7) is 7.37. The normalized spacial score (nSPS) is 18.2. The Bertz CT molecular complexity index is 495. The van der Waals surface area contributed by atoms with Crippen LogP contribution in [0.4, 0.5) is 0 Å². The highest BCUT2D eigenvalue weighted by Crippen LogP contribution is 2.41. The summed E-state index contributed by atoms with van der Waals surface area (Å²) in [4.78, 5) is 1.02. The van der Waals surface area contributed by atoms with Gasteiger partial charge in [-0.2, -0.15) is 0 Å². The summed E-state index contributed by atoms with van der Waals surface area (Å²) < 4.78 is 0.943. The molecule has 1 aromatic rings. The molecule has 1 aliphatic rings. The molecule has 1 heterocycles. The molecule has 0 aromatic carbocycles. The molecule has 22 heavy (non-hydrogen) atoms. The standard InChI is InChI=1S/C18H28NOS.HI/c1-4-19(3,5-2)14-9-13-18(20,16-10-6-7-11-16)17-12-8-15-21-17;/h8,12,15-16,20H,4-7,10-11,14H2,1-3H3;1H/q+1;/p-1. The molecule has 0 amide bonds. The van der Waals surface area contributed by atoms with Crippen molar-refractivity contribution in [3.05, 3.63) is 22.4 Å². The second-order valence-corrected chi connectivity index (χ2v) is 7.38. The minimum absolute atomic E-state index is 0. The molecular formula is C18H28INOS. The molecule has 4 heteroatoms. The van der Waals surface area contributed by atoms with Gasteiger partial charge >= 0.3 is 0 Å². The first-order valence-electron chi connectivity index (χ1n) is 8.14. The van der Waals surface area contributed by atoms with Crippen molar-refractivity contribution < 1.29 is 33.6 Å². The molecule has 2 nitrogen and oxygen atoms in total.